The van der Waals surface area contributed by atoms with Crippen LogP contribution in [0.15, 0.2) is 12.4 Å². The molecule has 2 heterocycles. The number of amides is 1. The van der Waals surface area contributed by atoms with Gasteiger partial charge in [-0.05, 0) is 20.8 Å². The predicted molar refractivity (Wildman–Crippen MR) is 75.2 cm³/mol. The van der Waals surface area contributed by atoms with Crippen LogP contribution in [0.25, 0.3) is 0 Å². The highest BCUT2D eigenvalue weighted by molar-refractivity contribution is 5.79. The van der Waals surface area contributed by atoms with Crippen LogP contribution < -0.4 is 5.32 Å². The topological polar surface area (TPSA) is 50.2 Å². The lowest BCUT2D eigenvalue weighted by Gasteiger charge is -2.20. The zero-order valence-corrected chi connectivity index (χ0v) is 12.9. The van der Waals surface area contributed by atoms with Crippen molar-refractivity contribution in [2.45, 2.75) is 51.5 Å². The Labute approximate surface area is 127 Å². The molecule has 0 aromatic carbocycles. The molecule has 1 aromatic rings. The fourth-order valence-electron chi connectivity index (χ4n) is 2.56. The van der Waals surface area contributed by atoms with E-state index < -0.39 is 18.6 Å². The van der Waals surface area contributed by atoms with Gasteiger partial charge in [-0.1, -0.05) is 0 Å². The normalized spacial score (nSPS) is 21.0. The lowest BCUT2D eigenvalue weighted by atomic mass is 10.1. The zero-order valence-electron chi connectivity index (χ0n) is 12.9. The van der Waals surface area contributed by atoms with Crippen LogP contribution in [0.1, 0.15) is 44.8 Å². The number of rotatable bonds is 5. The van der Waals surface area contributed by atoms with Crippen LogP contribution >= 0.6 is 0 Å². The second kappa shape index (κ2) is 6.28. The summed E-state index contributed by atoms with van der Waals surface area (Å²) in [4.78, 5) is 12.5. The van der Waals surface area contributed by atoms with E-state index in [2.05, 4.69) is 10.4 Å². The Bertz CT molecular complexity index is 526. The molecule has 1 aliphatic rings. The first-order chi connectivity index (χ1) is 10.2. The number of carbonyl (C=O) groups is 1. The average molecular weight is 318 g/mol. The van der Waals surface area contributed by atoms with Gasteiger partial charge in [0.25, 0.3) is 0 Å². The van der Waals surface area contributed by atoms with Gasteiger partial charge in [-0.2, -0.15) is 18.3 Å². The average Bonchev–Trinajstić information content (AvgIpc) is 2.95. The standard InChI is InChI=1S/C14H21F3N4O/c1-9(2)21-6-11(5-18-21)10(3)19-12-4-13(22)20(7-12)8-14(15,16)17/h5-6,9-10,12,19H,4,7-8H2,1-3H3. The monoisotopic (exact) mass is 318 g/mol. The molecule has 0 aliphatic carbocycles. The van der Waals surface area contributed by atoms with Gasteiger partial charge in [-0.3, -0.25) is 9.48 Å². The highest BCUT2D eigenvalue weighted by atomic mass is 19.4. The van der Waals surface area contributed by atoms with Gasteiger partial charge in [0.1, 0.15) is 6.54 Å². The summed E-state index contributed by atoms with van der Waals surface area (Å²) in [5.41, 5.74) is 0.954. The van der Waals surface area contributed by atoms with Gasteiger partial charge < -0.3 is 10.2 Å². The van der Waals surface area contributed by atoms with Gasteiger partial charge >= 0.3 is 6.18 Å². The molecule has 2 unspecified atom stereocenters. The molecular formula is C14H21F3N4O. The Morgan fingerprint density at radius 3 is 2.64 bits per heavy atom. The van der Waals surface area contributed by atoms with Crippen molar-refractivity contribution in [3.05, 3.63) is 18.0 Å². The maximum atomic E-state index is 12.4. The summed E-state index contributed by atoms with van der Waals surface area (Å²) in [6, 6.07) is -0.0975. The van der Waals surface area contributed by atoms with Crippen molar-refractivity contribution in [2.75, 3.05) is 13.1 Å². The third-order valence-electron chi connectivity index (χ3n) is 3.72. The Morgan fingerprint density at radius 2 is 2.09 bits per heavy atom. The highest BCUT2D eigenvalue weighted by Crippen LogP contribution is 2.22. The van der Waals surface area contributed by atoms with Crippen LogP contribution in [0.4, 0.5) is 13.2 Å². The second-order valence-corrected chi connectivity index (χ2v) is 6.03. The van der Waals surface area contributed by atoms with E-state index in [0.717, 1.165) is 10.5 Å². The van der Waals surface area contributed by atoms with E-state index >= 15 is 0 Å². The Hall–Kier alpha value is -1.57. The fourth-order valence-corrected chi connectivity index (χ4v) is 2.56. The molecule has 0 radical (unpaired) electrons. The molecule has 1 saturated heterocycles. The molecule has 1 aromatic heterocycles. The largest absolute Gasteiger partial charge is 0.406 e. The molecule has 1 amide bonds. The maximum absolute atomic E-state index is 12.4. The number of likely N-dealkylation sites (tertiary alicyclic amines) is 1. The molecule has 1 aliphatic heterocycles. The van der Waals surface area contributed by atoms with E-state index in [1.807, 2.05) is 31.6 Å². The van der Waals surface area contributed by atoms with Crippen LogP contribution in [0.3, 0.4) is 0 Å². The number of hydrogen-bond donors (Lipinski definition) is 1. The zero-order chi connectivity index (χ0) is 16.5. The molecule has 2 atom stereocenters. The summed E-state index contributed by atoms with van der Waals surface area (Å²) >= 11 is 0. The van der Waals surface area contributed by atoms with E-state index in [-0.39, 0.29) is 31.1 Å². The van der Waals surface area contributed by atoms with Crippen LogP contribution in [-0.2, 0) is 4.79 Å². The Balaban J connectivity index is 1.92. The van der Waals surface area contributed by atoms with E-state index in [4.69, 9.17) is 0 Å². The first-order valence-electron chi connectivity index (χ1n) is 7.30. The predicted octanol–water partition coefficient (Wildman–Crippen LogP) is 2.28. The summed E-state index contributed by atoms with van der Waals surface area (Å²) in [6.45, 7) is 4.85. The minimum atomic E-state index is -4.35. The van der Waals surface area contributed by atoms with Crippen LogP contribution in [0.5, 0.6) is 0 Å². The fraction of sp³-hybridized carbons (Fsp3) is 0.714. The van der Waals surface area contributed by atoms with E-state index in [9.17, 15) is 18.0 Å². The lowest BCUT2D eigenvalue weighted by molar-refractivity contribution is -0.157. The number of halogens is 3. The van der Waals surface area contributed by atoms with E-state index in [0.29, 0.717) is 0 Å². The minimum Gasteiger partial charge on any atom is -0.332 e. The van der Waals surface area contributed by atoms with Crippen molar-refractivity contribution in [3.8, 4) is 0 Å². The number of alkyl halides is 3. The van der Waals surface area contributed by atoms with Crippen molar-refractivity contribution in [3.63, 3.8) is 0 Å². The summed E-state index contributed by atoms with van der Waals surface area (Å²) < 4.78 is 39.0. The highest BCUT2D eigenvalue weighted by Gasteiger charge is 2.38. The third kappa shape index (κ3) is 4.22. The smallest absolute Gasteiger partial charge is 0.332 e. The van der Waals surface area contributed by atoms with Crippen molar-refractivity contribution >= 4 is 5.91 Å². The van der Waals surface area contributed by atoms with Crippen molar-refractivity contribution in [1.82, 2.24) is 20.0 Å². The Morgan fingerprint density at radius 1 is 1.41 bits per heavy atom. The molecule has 0 saturated carbocycles. The van der Waals surface area contributed by atoms with Crippen LogP contribution in [0, 0.1) is 0 Å². The molecule has 0 spiro atoms. The number of nitrogens with one attached hydrogen (secondary N) is 1. The number of carbonyl (C=O) groups excluding carboxylic acids is 1. The van der Waals surface area contributed by atoms with Gasteiger partial charge in [0.15, 0.2) is 0 Å². The molecule has 8 heteroatoms. The van der Waals surface area contributed by atoms with Gasteiger partial charge in [-0.25, -0.2) is 0 Å². The van der Waals surface area contributed by atoms with Crippen LogP contribution in [0.2, 0.25) is 0 Å². The SMILES string of the molecule is CC(NC1CC(=O)N(CC(F)(F)F)C1)c1cnn(C(C)C)c1. The molecule has 1 N–H and O–H groups in total. The van der Waals surface area contributed by atoms with Gasteiger partial charge in [0.2, 0.25) is 5.91 Å². The first kappa shape index (κ1) is 16.8. The van der Waals surface area contributed by atoms with Crippen LogP contribution in [-0.4, -0.2) is 45.9 Å². The summed E-state index contributed by atoms with van der Waals surface area (Å²) in [5.74, 6) is -0.458. The number of aromatic nitrogens is 2. The molecular weight excluding hydrogens is 297 g/mol. The maximum Gasteiger partial charge on any atom is 0.406 e. The molecule has 1 fully saturated rings. The van der Waals surface area contributed by atoms with Gasteiger partial charge in [0.05, 0.1) is 6.20 Å². The number of hydrogen-bond acceptors (Lipinski definition) is 3. The van der Waals surface area contributed by atoms with Crippen molar-refractivity contribution in [1.29, 1.82) is 0 Å². The quantitative estimate of drug-likeness (QED) is 0.906. The first-order valence-corrected chi connectivity index (χ1v) is 7.30. The minimum absolute atomic E-state index is 0.0730. The number of nitrogens with zero attached hydrogens (tertiary/aromatic N) is 3. The molecule has 5 nitrogen and oxygen atoms in total. The summed E-state index contributed by atoms with van der Waals surface area (Å²) in [5, 5.41) is 7.45. The van der Waals surface area contributed by atoms with Crippen molar-refractivity contribution < 1.29 is 18.0 Å². The molecule has 2 rings (SSSR count). The molecule has 124 valence electrons. The van der Waals surface area contributed by atoms with E-state index in [1.54, 1.807) is 6.20 Å². The lowest BCUT2D eigenvalue weighted by Crippen LogP contribution is -2.38. The Kier molecular flexibility index (Phi) is 4.79. The summed E-state index contributed by atoms with van der Waals surface area (Å²) in [7, 11) is 0. The molecule has 0 bridgehead atoms. The van der Waals surface area contributed by atoms with Crippen molar-refractivity contribution in [2.24, 2.45) is 0 Å². The summed E-state index contributed by atoms with van der Waals surface area (Å²) in [6.07, 6.45) is -0.609. The molecule has 22 heavy (non-hydrogen) atoms. The van der Waals surface area contributed by atoms with E-state index in [1.165, 1.54) is 0 Å². The third-order valence-corrected chi connectivity index (χ3v) is 3.72. The second-order valence-electron chi connectivity index (χ2n) is 6.03. The van der Waals surface area contributed by atoms with Gasteiger partial charge in [0, 0.05) is 42.9 Å². The van der Waals surface area contributed by atoms with Gasteiger partial charge in [-0.15, -0.1) is 0 Å².